The first-order chi connectivity index (χ1) is 7.07. The minimum absolute atomic E-state index is 0.0797. The van der Waals surface area contributed by atoms with Gasteiger partial charge in [-0.3, -0.25) is 0 Å². The molecule has 2 amide bonds. The lowest BCUT2D eigenvalue weighted by atomic mass is 9.93. The summed E-state index contributed by atoms with van der Waals surface area (Å²) in [4.78, 5) is 13.7. The van der Waals surface area contributed by atoms with Gasteiger partial charge in [0.15, 0.2) is 0 Å². The number of carbonyl (C=O) groups excluding carboxylic acids is 1. The van der Waals surface area contributed by atoms with Crippen LogP contribution in [-0.4, -0.2) is 42.3 Å². The zero-order valence-corrected chi connectivity index (χ0v) is 9.58. The Morgan fingerprint density at radius 1 is 1.47 bits per heavy atom. The second kappa shape index (κ2) is 4.00. The smallest absolute Gasteiger partial charge is 0.317 e. The van der Waals surface area contributed by atoms with Crippen molar-refractivity contribution in [2.75, 3.05) is 19.7 Å². The van der Waals surface area contributed by atoms with Crippen LogP contribution in [0.3, 0.4) is 0 Å². The van der Waals surface area contributed by atoms with Gasteiger partial charge in [0.25, 0.3) is 0 Å². The number of amides is 2. The van der Waals surface area contributed by atoms with Gasteiger partial charge in [0.1, 0.15) is 0 Å². The Hall–Kier alpha value is -0.770. The van der Waals surface area contributed by atoms with Crippen LogP contribution < -0.4 is 5.32 Å². The van der Waals surface area contributed by atoms with Gasteiger partial charge in [0.2, 0.25) is 0 Å². The summed E-state index contributed by atoms with van der Waals surface area (Å²) in [6.07, 6.45) is 3.53. The number of morpholine rings is 1. The van der Waals surface area contributed by atoms with Crippen molar-refractivity contribution < 1.29 is 9.53 Å². The number of nitrogens with zero attached hydrogens (tertiary/aromatic N) is 1. The maximum absolute atomic E-state index is 11.8. The Bertz CT molecular complexity index is 249. The van der Waals surface area contributed by atoms with Gasteiger partial charge in [0.05, 0.1) is 18.8 Å². The number of hydrogen-bond acceptors (Lipinski definition) is 2. The molecule has 2 aliphatic rings. The number of nitrogens with one attached hydrogen (secondary N) is 1. The molecule has 1 heterocycles. The van der Waals surface area contributed by atoms with Gasteiger partial charge in [-0.1, -0.05) is 0 Å². The molecule has 2 rings (SSSR count). The van der Waals surface area contributed by atoms with Crippen LogP contribution in [0.4, 0.5) is 4.79 Å². The number of urea groups is 1. The van der Waals surface area contributed by atoms with Gasteiger partial charge in [-0.15, -0.1) is 0 Å². The van der Waals surface area contributed by atoms with Crippen LogP contribution in [0.1, 0.15) is 33.1 Å². The van der Waals surface area contributed by atoms with Crippen molar-refractivity contribution in [3.63, 3.8) is 0 Å². The van der Waals surface area contributed by atoms with Gasteiger partial charge in [-0.25, -0.2) is 4.79 Å². The highest BCUT2D eigenvalue weighted by molar-refractivity contribution is 5.74. The normalized spacial score (nSPS) is 25.9. The Morgan fingerprint density at radius 2 is 2.20 bits per heavy atom. The molecule has 1 saturated heterocycles. The van der Waals surface area contributed by atoms with Crippen LogP contribution in [0, 0.1) is 0 Å². The monoisotopic (exact) mass is 212 g/mol. The lowest BCUT2D eigenvalue weighted by Gasteiger charge is -2.39. The molecule has 86 valence electrons. The van der Waals surface area contributed by atoms with Gasteiger partial charge >= 0.3 is 6.03 Å². The quantitative estimate of drug-likeness (QED) is 0.713. The van der Waals surface area contributed by atoms with Gasteiger partial charge in [-0.05, 0) is 33.1 Å². The maximum atomic E-state index is 11.8. The highest BCUT2D eigenvalue weighted by atomic mass is 16.5. The Morgan fingerprint density at radius 3 is 2.73 bits per heavy atom. The second-order valence-electron chi connectivity index (χ2n) is 5.11. The topological polar surface area (TPSA) is 41.6 Å². The molecule has 0 aromatic carbocycles. The summed E-state index contributed by atoms with van der Waals surface area (Å²) >= 11 is 0. The van der Waals surface area contributed by atoms with Gasteiger partial charge < -0.3 is 15.0 Å². The second-order valence-corrected chi connectivity index (χ2v) is 5.11. The molecule has 4 nitrogen and oxygen atoms in total. The van der Waals surface area contributed by atoms with E-state index in [9.17, 15) is 4.79 Å². The molecule has 0 aromatic rings. The molecular formula is C11H20N2O2. The summed E-state index contributed by atoms with van der Waals surface area (Å²) in [5.74, 6) is 0. The Balaban J connectivity index is 1.83. The summed E-state index contributed by atoms with van der Waals surface area (Å²) in [5.41, 5.74) is -0.199. The SMILES string of the molecule is CC1(C)CN(C(=O)NC2CCC2)CCO1. The van der Waals surface area contributed by atoms with Crippen molar-refractivity contribution in [1.82, 2.24) is 10.2 Å². The Labute approximate surface area is 91.0 Å². The van der Waals surface area contributed by atoms with Crippen LogP contribution in [0.5, 0.6) is 0 Å². The first-order valence-electron chi connectivity index (χ1n) is 5.76. The van der Waals surface area contributed by atoms with Crippen molar-refractivity contribution in [3.05, 3.63) is 0 Å². The Kier molecular flexibility index (Phi) is 2.87. The van der Waals surface area contributed by atoms with E-state index in [2.05, 4.69) is 5.32 Å². The van der Waals surface area contributed by atoms with Crippen LogP contribution >= 0.6 is 0 Å². The molecule has 15 heavy (non-hydrogen) atoms. The molecule has 0 bridgehead atoms. The minimum atomic E-state index is -0.199. The molecule has 0 unspecified atom stereocenters. The summed E-state index contributed by atoms with van der Waals surface area (Å²) in [5, 5.41) is 3.06. The number of ether oxygens (including phenoxy) is 1. The van der Waals surface area contributed by atoms with E-state index in [-0.39, 0.29) is 11.6 Å². The van der Waals surface area contributed by atoms with Crippen molar-refractivity contribution >= 4 is 6.03 Å². The minimum Gasteiger partial charge on any atom is -0.372 e. The third-order valence-electron chi connectivity index (χ3n) is 3.15. The summed E-state index contributed by atoms with van der Waals surface area (Å²) < 4.78 is 5.57. The van der Waals surface area contributed by atoms with Crippen molar-refractivity contribution in [1.29, 1.82) is 0 Å². The summed E-state index contributed by atoms with van der Waals surface area (Å²) in [6, 6.07) is 0.500. The van der Waals surface area contributed by atoms with Crippen molar-refractivity contribution in [2.24, 2.45) is 0 Å². The van der Waals surface area contributed by atoms with Gasteiger partial charge in [0, 0.05) is 12.6 Å². The fourth-order valence-electron chi connectivity index (χ4n) is 2.01. The number of rotatable bonds is 1. The largest absolute Gasteiger partial charge is 0.372 e. The van der Waals surface area contributed by atoms with E-state index in [4.69, 9.17) is 4.74 Å². The third kappa shape index (κ3) is 2.62. The molecule has 1 saturated carbocycles. The molecule has 0 aromatic heterocycles. The molecule has 0 atom stereocenters. The lowest BCUT2D eigenvalue weighted by molar-refractivity contribution is -0.0737. The molecule has 1 N–H and O–H groups in total. The predicted molar refractivity (Wildman–Crippen MR) is 57.8 cm³/mol. The number of hydrogen-bond donors (Lipinski definition) is 1. The zero-order valence-electron chi connectivity index (χ0n) is 9.58. The van der Waals surface area contributed by atoms with Crippen LogP contribution in [0.2, 0.25) is 0 Å². The number of carbonyl (C=O) groups is 1. The van der Waals surface area contributed by atoms with E-state index in [0.29, 0.717) is 25.7 Å². The van der Waals surface area contributed by atoms with E-state index in [1.54, 1.807) is 0 Å². The molecule has 1 aliphatic carbocycles. The molecule has 2 fully saturated rings. The van der Waals surface area contributed by atoms with Crippen molar-refractivity contribution in [3.8, 4) is 0 Å². The predicted octanol–water partition coefficient (Wildman–Crippen LogP) is 1.36. The molecular weight excluding hydrogens is 192 g/mol. The fourth-order valence-corrected chi connectivity index (χ4v) is 2.01. The van der Waals surface area contributed by atoms with Gasteiger partial charge in [-0.2, -0.15) is 0 Å². The lowest BCUT2D eigenvalue weighted by Crippen LogP contribution is -2.55. The molecule has 1 aliphatic heterocycles. The summed E-state index contributed by atoms with van der Waals surface area (Å²) in [6.45, 7) is 6.09. The molecule has 4 heteroatoms. The molecule has 0 spiro atoms. The van der Waals surface area contributed by atoms with Crippen LogP contribution in [0.15, 0.2) is 0 Å². The highest BCUT2D eigenvalue weighted by Crippen LogP contribution is 2.20. The average molecular weight is 212 g/mol. The van der Waals surface area contributed by atoms with E-state index in [1.807, 2.05) is 18.7 Å². The van der Waals surface area contributed by atoms with E-state index < -0.39 is 0 Å². The van der Waals surface area contributed by atoms with Crippen LogP contribution in [-0.2, 0) is 4.74 Å². The van der Waals surface area contributed by atoms with E-state index >= 15 is 0 Å². The van der Waals surface area contributed by atoms with E-state index in [1.165, 1.54) is 6.42 Å². The highest BCUT2D eigenvalue weighted by Gasteiger charge is 2.31. The van der Waals surface area contributed by atoms with Crippen LogP contribution in [0.25, 0.3) is 0 Å². The standard InChI is InChI=1S/C11H20N2O2/c1-11(2)8-13(6-7-15-11)10(14)12-9-4-3-5-9/h9H,3-8H2,1-2H3,(H,12,14). The summed E-state index contributed by atoms with van der Waals surface area (Å²) in [7, 11) is 0. The first kappa shape index (κ1) is 10.7. The third-order valence-corrected chi connectivity index (χ3v) is 3.15. The fraction of sp³-hybridized carbons (Fsp3) is 0.909. The maximum Gasteiger partial charge on any atom is 0.317 e. The first-order valence-corrected chi connectivity index (χ1v) is 5.76. The molecule has 0 radical (unpaired) electrons. The van der Waals surface area contributed by atoms with Crippen molar-refractivity contribution in [2.45, 2.75) is 44.8 Å². The van der Waals surface area contributed by atoms with E-state index in [0.717, 1.165) is 12.8 Å². The zero-order chi connectivity index (χ0) is 10.9. The average Bonchev–Trinajstić information content (AvgIpc) is 2.09.